The Bertz CT molecular complexity index is 382. The maximum atomic E-state index is 11.9. The largest absolute Gasteiger partial charge is 0.291 e. The summed E-state index contributed by atoms with van der Waals surface area (Å²) in [5.74, 6) is -0.441. The molecule has 0 rings (SSSR count). The van der Waals surface area contributed by atoms with Crippen molar-refractivity contribution in [1.29, 1.82) is 0 Å². The Morgan fingerprint density at radius 2 is 1.83 bits per heavy atom. The molecule has 0 aliphatic rings. The lowest BCUT2D eigenvalue weighted by molar-refractivity contribution is -0.139. The second kappa shape index (κ2) is 7.84. The predicted octanol–water partition coefficient (Wildman–Crippen LogP) is 3.73. The second-order valence-corrected chi connectivity index (χ2v) is 4.97. The smallest absolute Gasteiger partial charge is 0.201 e. The van der Waals surface area contributed by atoms with Crippen LogP contribution in [-0.4, -0.2) is 11.6 Å². The van der Waals surface area contributed by atoms with Gasteiger partial charge in [0.15, 0.2) is 5.78 Å². The first-order valence-corrected chi connectivity index (χ1v) is 6.47. The number of Topliss-reactive ketones (excluding diaryl/α,β-unsaturated/α-hetero) is 2. The van der Waals surface area contributed by atoms with Gasteiger partial charge in [0, 0.05) is 12.3 Å². The van der Waals surface area contributed by atoms with E-state index in [0.717, 1.165) is 5.57 Å². The molecule has 100 valence electrons. The summed E-state index contributed by atoms with van der Waals surface area (Å²) >= 11 is 0. The first-order chi connectivity index (χ1) is 8.34. The van der Waals surface area contributed by atoms with E-state index in [9.17, 15) is 9.59 Å². The fourth-order valence-electron chi connectivity index (χ4n) is 1.88. The molecule has 0 aromatic rings. The Labute approximate surface area is 110 Å². The molecule has 0 saturated carbocycles. The molecule has 0 aliphatic carbocycles. The Morgan fingerprint density at radius 1 is 1.28 bits per heavy atom. The van der Waals surface area contributed by atoms with E-state index in [-0.39, 0.29) is 29.8 Å². The highest BCUT2D eigenvalue weighted by Gasteiger charge is 2.27. The molecule has 0 saturated heterocycles. The van der Waals surface area contributed by atoms with Crippen molar-refractivity contribution in [2.75, 3.05) is 0 Å². The van der Waals surface area contributed by atoms with Crippen LogP contribution >= 0.6 is 0 Å². The molecule has 2 heteroatoms. The quantitative estimate of drug-likeness (QED) is 0.391. The molecule has 0 fully saturated rings. The molecule has 0 bridgehead atoms. The minimum Gasteiger partial charge on any atom is -0.291 e. The zero-order valence-electron chi connectivity index (χ0n) is 12.1. The minimum atomic E-state index is -0.280. The van der Waals surface area contributed by atoms with Crippen LogP contribution in [0.4, 0.5) is 0 Å². The summed E-state index contributed by atoms with van der Waals surface area (Å²) in [7, 11) is 0. The minimum absolute atomic E-state index is 0.0660. The number of carbonyl (C=O) groups is 2. The summed E-state index contributed by atoms with van der Waals surface area (Å²) in [6.45, 7) is 13.1. The van der Waals surface area contributed by atoms with Crippen LogP contribution in [0.5, 0.6) is 0 Å². The molecule has 0 aromatic heterocycles. The number of rotatable bonds is 7. The molecular formula is C16H24O2. The third kappa shape index (κ3) is 4.85. The van der Waals surface area contributed by atoms with Gasteiger partial charge in [0.25, 0.3) is 0 Å². The summed E-state index contributed by atoms with van der Waals surface area (Å²) in [5.41, 5.74) is 3.72. The van der Waals surface area contributed by atoms with Gasteiger partial charge in [0.2, 0.25) is 5.78 Å². The molecule has 2 nitrogen and oxygen atoms in total. The fourth-order valence-corrected chi connectivity index (χ4v) is 1.88. The van der Waals surface area contributed by atoms with Gasteiger partial charge in [0.1, 0.15) is 0 Å². The van der Waals surface area contributed by atoms with Crippen LogP contribution in [0.3, 0.4) is 0 Å². The van der Waals surface area contributed by atoms with Crippen molar-refractivity contribution in [2.45, 2.75) is 41.0 Å². The van der Waals surface area contributed by atoms with Gasteiger partial charge in [0.05, 0.1) is 0 Å². The van der Waals surface area contributed by atoms with E-state index in [0.29, 0.717) is 5.92 Å². The van der Waals surface area contributed by atoms with Crippen molar-refractivity contribution in [3.8, 4) is 0 Å². The Hall–Kier alpha value is -1.40. The zero-order valence-corrected chi connectivity index (χ0v) is 12.1. The lowest BCUT2D eigenvalue weighted by atomic mass is 9.80. The van der Waals surface area contributed by atoms with Crippen molar-refractivity contribution in [2.24, 2.45) is 17.8 Å². The molecular weight excluding hydrogens is 224 g/mol. The Morgan fingerprint density at radius 3 is 2.22 bits per heavy atom. The van der Waals surface area contributed by atoms with Crippen LogP contribution in [0.2, 0.25) is 0 Å². The van der Waals surface area contributed by atoms with Crippen LogP contribution in [-0.2, 0) is 9.59 Å². The van der Waals surface area contributed by atoms with Crippen LogP contribution in [0, 0.1) is 17.8 Å². The average Bonchev–Trinajstić information content (AvgIpc) is 2.35. The van der Waals surface area contributed by atoms with E-state index in [2.05, 4.69) is 26.2 Å². The molecule has 2 unspecified atom stereocenters. The second-order valence-electron chi connectivity index (χ2n) is 4.97. The first kappa shape index (κ1) is 16.6. The Kier molecular flexibility index (Phi) is 7.23. The van der Waals surface area contributed by atoms with Crippen molar-refractivity contribution < 1.29 is 9.59 Å². The lowest BCUT2D eigenvalue weighted by Gasteiger charge is -2.22. The van der Waals surface area contributed by atoms with Crippen molar-refractivity contribution in [1.82, 2.24) is 0 Å². The zero-order chi connectivity index (χ0) is 14.3. The maximum absolute atomic E-state index is 11.9. The van der Waals surface area contributed by atoms with E-state index in [1.54, 1.807) is 6.92 Å². The van der Waals surface area contributed by atoms with E-state index in [4.69, 9.17) is 0 Å². The van der Waals surface area contributed by atoms with Crippen molar-refractivity contribution in [3.63, 3.8) is 0 Å². The van der Waals surface area contributed by atoms with Gasteiger partial charge in [-0.1, -0.05) is 46.4 Å². The Balaban J connectivity index is 5.02. The number of ketones is 2. The maximum Gasteiger partial charge on any atom is 0.201 e. The first-order valence-electron chi connectivity index (χ1n) is 6.47. The third-order valence-electron chi connectivity index (χ3n) is 3.20. The monoisotopic (exact) mass is 248 g/mol. The van der Waals surface area contributed by atoms with Crippen molar-refractivity contribution >= 4 is 11.6 Å². The summed E-state index contributed by atoms with van der Waals surface area (Å²) < 4.78 is 0. The molecule has 2 atom stereocenters. The van der Waals surface area contributed by atoms with Gasteiger partial charge in [-0.3, -0.25) is 9.59 Å². The average molecular weight is 248 g/mol. The highest BCUT2D eigenvalue weighted by Crippen LogP contribution is 2.24. The van der Waals surface area contributed by atoms with E-state index in [1.807, 2.05) is 26.0 Å². The van der Waals surface area contributed by atoms with Gasteiger partial charge in [-0.05, 0) is 24.3 Å². The highest BCUT2D eigenvalue weighted by atomic mass is 16.2. The number of allylic oxidation sites excluding steroid dienone is 3. The molecule has 0 aromatic carbocycles. The highest BCUT2D eigenvalue weighted by molar-refractivity contribution is 6.37. The standard InChI is InChI=1S/C16H24O2/c1-7-12(5)9-10-14(11(3)4)13(6)16(18)15(17)8-2/h9-11,13-14H,1,8H2,2-6H3/b10-9+. The van der Waals surface area contributed by atoms with Crippen LogP contribution in [0.15, 0.2) is 30.0 Å². The van der Waals surface area contributed by atoms with Gasteiger partial charge >= 0.3 is 0 Å². The summed E-state index contributed by atoms with van der Waals surface area (Å²) in [6.07, 6.45) is 4.19. The molecule has 0 heterocycles. The van der Waals surface area contributed by atoms with Gasteiger partial charge < -0.3 is 0 Å². The molecule has 0 spiro atoms. The summed E-state index contributed by atoms with van der Waals surface area (Å²) in [4.78, 5) is 23.4. The number of hydrogen-bond acceptors (Lipinski definition) is 2. The molecule has 18 heavy (non-hydrogen) atoms. The fraction of sp³-hybridized carbons (Fsp3) is 0.562. The predicted molar refractivity (Wildman–Crippen MR) is 75.3 cm³/mol. The van der Waals surface area contributed by atoms with Gasteiger partial charge in [-0.25, -0.2) is 0 Å². The lowest BCUT2D eigenvalue weighted by Crippen LogP contribution is -2.29. The molecule has 0 N–H and O–H groups in total. The van der Waals surface area contributed by atoms with Crippen LogP contribution in [0.1, 0.15) is 41.0 Å². The summed E-state index contributed by atoms with van der Waals surface area (Å²) in [5, 5.41) is 0. The van der Waals surface area contributed by atoms with E-state index in [1.165, 1.54) is 0 Å². The molecule has 0 amide bonds. The molecule has 0 aliphatic heterocycles. The number of carbonyl (C=O) groups excluding carboxylic acids is 2. The van der Waals surface area contributed by atoms with Crippen LogP contribution in [0.25, 0.3) is 0 Å². The van der Waals surface area contributed by atoms with Gasteiger partial charge in [-0.2, -0.15) is 0 Å². The SMILES string of the molecule is C=C=C(C)/C=C/C(C(C)C)C(C)C(=O)C(=O)CC. The summed E-state index contributed by atoms with van der Waals surface area (Å²) in [6, 6.07) is 0. The third-order valence-corrected chi connectivity index (χ3v) is 3.20. The van der Waals surface area contributed by atoms with Gasteiger partial charge in [-0.15, -0.1) is 5.73 Å². The molecule has 0 radical (unpaired) electrons. The normalized spacial score (nSPS) is 14.3. The number of hydrogen-bond donors (Lipinski definition) is 0. The van der Waals surface area contributed by atoms with E-state index >= 15 is 0 Å². The van der Waals surface area contributed by atoms with Crippen molar-refractivity contribution in [3.05, 3.63) is 30.0 Å². The van der Waals surface area contributed by atoms with E-state index < -0.39 is 0 Å². The van der Waals surface area contributed by atoms with Crippen LogP contribution < -0.4 is 0 Å². The topological polar surface area (TPSA) is 34.1 Å².